The number of piperazine rings is 1. The van der Waals surface area contributed by atoms with Gasteiger partial charge in [-0.05, 0) is 6.07 Å². The fraction of sp³-hybridized carbons (Fsp3) is 0.600. The summed E-state index contributed by atoms with van der Waals surface area (Å²) in [6.45, 7) is 5.01. The number of aliphatic hydroxyl groups excluding tert-OH is 2. The van der Waals surface area contributed by atoms with Gasteiger partial charge in [0.2, 0.25) is 0 Å². The molecular weight excluding hydrogens is 256 g/mol. The van der Waals surface area contributed by atoms with Crippen molar-refractivity contribution in [1.29, 1.82) is 0 Å². The minimum atomic E-state index is -0.478. The maximum atomic E-state index is 10.3. The van der Waals surface area contributed by atoms with E-state index in [9.17, 15) is 5.11 Å². The van der Waals surface area contributed by atoms with Crippen LogP contribution in [0.5, 0.6) is 5.75 Å². The Morgan fingerprint density at radius 1 is 1.15 bits per heavy atom. The molecule has 1 aromatic rings. The number of fused-ring (bicyclic) bond motifs is 1. The van der Waals surface area contributed by atoms with E-state index >= 15 is 0 Å². The van der Waals surface area contributed by atoms with E-state index in [0.29, 0.717) is 6.61 Å². The van der Waals surface area contributed by atoms with Gasteiger partial charge in [0.05, 0.1) is 12.6 Å². The van der Waals surface area contributed by atoms with Gasteiger partial charge in [0, 0.05) is 38.3 Å². The number of ether oxygens (including phenoxy) is 1. The summed E-state index contributed by atoms with van der Waals surface area (Å²) in [5.41, 5.74) is 1.09. The van der Waals surface area contributed by atoms with Gasteiger partial charge in [0.25, 0.3) is 0 Å². The number of hydrogen-bond acceptors (Lipinski definition) is 5. The summed E-state index contributed by atoms with van der Waals surface area (Å²) < 4.78 is 5.60. The molecule has 0 amide bonds. The molecule has 2 aliphatic heterocycles. The Kier molecular flexibility index (Phi) is 4.21. The lowest BCUT2D eigenvalue weighted by atomic mass is 9.96. The van der Waals surface area contributed by atoms with Crippen LogP contribution < -0.4 is 4.74 Å². The average molecular weight is 278 g/mol. The zero-order valence-electron chi connectivity index (χ0n) is 11.6. The minimum Gasteiger partial charge on any atom is -0.490 e. The van der Waals surface area contributed by atoms with Crippen molar-refractivity contribution in [3.8, 4) is 5.75 Å². The van der Waals surface area contributed by atoms with E-state index in [2.05, 4.69) is 9.80 Å². The molecule has 0 aromatic heterocycles. The first kappa shape index (κ1) is 13.8. The van der Waals surface area contributed by atoms with Gasteiger partial charge in [-0.25, -0.2) is 0 Å². The van der Waals surface area contributed by atoms with Crippen molar-refractivity contribution in [1.82, 2.24) is 9.80 Å². The third kappa shape index (κ3) is 2.67. The molecule has 110 valence electrons. The smallest absolute Gasteiger partial charge is 0.124 e. The molecular formula is C15H22N2O3. The Labute approximate surface area is 119 Å². The highest BCUT2D eigenvalue weighted by molar-refractivity contribution is 5.38. The van der Waals surface area contributed by atoms with Crippen LogP contribution in [-0.4, -0.2) is 72.1 Å². The number of benzene rings is 1. The van der Waals surface area contributed by atoms with Crippen LogP contribution in [0.3, 0.4) is 0 Å². The van der Waals surface area contributed by atoms with Crippen molar-refractivity contribution >= 4 is 0 Å². The molecule has 0 aliphatic carbocycles. The van der Waals surface area contributed by atoms with Gasteiger partial charge in [-0.2, -0.15) is 0 Å². The lowest BCUT2D eigenvalue weighted by Gasteiger charge is -2.43. The molecule has 2 N–H and O–H groups in total. The Bertz CT molecular complexity index is 446. The van der Waals surface area contributed by atoms with Crippen LogP contribution in [-0.2, 0) is 0 Å². The third-order valence-electron chi connectivity index (χ3n) is 4.23. The molecule has 5 nitrogen and oxygen atoms in total. The van der Waals surface area contributed by atoms with E-state index in [0.717, 1.165) is 44.0 Å². The highest BCUT2D eigenvalue weighted by Gasteiger charge is 2.35. The van der Waals surface area contributed by atoms with Crippen LogP contribution >= 0.6 is 0 Å². The number of nitrogens with zero attached hydrogens (tertiary/aromatic N) is 2. The van der Waals surface area contributed by atoms with Crippen LogP contribution in [0.4, 0.5) is 0 Å². The predicted octanol–water partition coefficient (Wildman–Crippen LogP) is 0.0909. The van der Waals surface area contributed by atoms with Gasteiger partial charge in [0.15, 0.2) is 0 Å². The summed E-state index contributed by atoms with van der Waals surface area (Å²) in [7, 11) is 0. The van der Waals surface area contributed by atoms with Gasteiger partial charge < -0.3 is 14.9 Å². The summed E-state index contributed by atoms with van der Waals surface area (Å²) in [5, 5.41) is 19.3. The van der Waals surface area contributed by atoms with Crippen LogP contribution in [0.2, 0.25) is 0 Å². The molecule has 1 fully saturated rings. The van der Waals surface area contributed by atoms with Crippen molar-refractivity contribution in [2.24, 2.45) is 0 Å². The molecule has 2 heterocycles. The highest BCUT2D eigenvalue weighted by Crippen LogP contribution is 2.36. The van der Waals surface area contributed by atoms with E-state index in [4.69, 9.17) is 9.84 Å². The zero-order chi connectivity index (χ0) is 13.9. The van der Waals surface area contributed by atoms with Crippen molar-refractivity contribution in [2.45, 2.75) is 12.1 Å². The molecule has 1 saturated heterocycles. The molecule has 2 atom stereocenters. The molecule has 1 aromatic carbocycles. The monoisotopic (exact) mass is 278 g/mol. The molecule has 5 heteroatoms. The van der Waals surface area contributed by atoms with E-state index in [-0.39, 0.29) is 12.6 Å². The first-order chi connectivity index (χ1) is 9.79. The lowest BCUT2D eigenvalue weighted by Crippen LogP contribution is -2.52. The number of rotatable bonds is 3. The highest BCUT2D eigenvalue weighted by atomic mass is 16.5. The summed E-state index contributed by atoms with van der Waals surface area (Å²) in [6.07, 6.45) is -0.478. The largest absolute Gasteiger partial charge is 0.490 e. The van der Waals surface area contributed by atoms with Gasteiger partial charge >= 0.3 is 0 Å². The van der Waals surface area contributed by atoms with E-state index in [1.165, 1.54) is 0 Å². The number of para-hydroxylation sites is 1. The molecule has 0 saturated carbocycles. The van der Waals surface area contributed by atoms with Crippen molar-refractivity contribution < 1.29 is 14.9 Å². The zero-order valence-corrected chi connectivity index (χ0v) is 11.6. The van der Waals surface area contributed by atoms with Gasteiger partial charge in [-0.3, -0.25) is 9.80 Å². The van der Waals surface area contributed by atoms with Gasteiger partial charge in [-0.15, -0.1) is 0 Å². The van der Waals surface area contributed by atoms with E-state index in [1.54, 1.807) is 0 Å². The Hall–Kier alpha value is -1.14. The van der Waals surface area contributed by atoms with Crippen LogP contribution in [0.1, 0.15) is 11.6 Å². The van der Waals surface area contributed by atoms with Gasteiger partial charge in [-0.1, -0.05) is 18.2 Å². The fourth-order valence-corrected chi connectivity index (χ4v) is 3.18. The standard InChI is InChI=1S/C15H22N2O3/c18-10-9-16-5-7-17(8-6-16)15-12-3-1-2-4-14(12)20-11-13(15)19/h1-4,13,15,18-19H,5-11H2. The first-order valence-corrected chi connectivity index (χ1v) is 7.26. The van der Waals surface area contributed by atoms with Crippen molar-refractivity contribution in [2.75, 3.05) is 45.9 Å². The second-order valence-corrected chi connectivity index (χ2v) is 5.46. The van der Waals surface area contributed by atoms with Crippen molar-refractivity contribution in [3.63, 3.8) is 0 Å². The molecule has 0 bridgehead atoms. The summed E-state index contributed by atoms with van der Waals surface area (Å²) >= 11 is 0. The van der Waals surface area contributed by atoms with Crippen molar-refractivity contribution in [3.05, 3.63) is 29.8 Å². The second kappa shape index (κ2) is 6.10. The van der Waals surface area contributed by atoms with Crippen LogP contribution in [0, 0.1) is 0 Å². The topological polar surface area (TPSA) is 56.2 Å². The Morgan fingerprint density at radius 2 is 1.90 bits per heavy atom. The van der Waals surface area contributed by atoms with Crippen LogP contribution in [0.25, 0.3) is 0 Å². The lowest BCUT2D eigenvalue weighted by molar-refractivity contribution is -0.0194. The average Bonchev–Trinajstić information content (AvgIpc) is 2.49. The molecule has 20 heavy (non-hydrogen) atoms. The summed E-state index contributed by atoms with van der Waals surface area (Å²) in [6, 6.07) is 8.00. The van der Waals surface area contributed by atoms with Crippen LogP contribution in [0.15, 0.2) is 24.3 Å². The quantitative estimate of drug-likeness (QED) is 0.821. The third-order valence-corrected chi connectivity index (χ3v) is 4.23. The molecule has 0 radical (unpaired) electrons. The Balaban J connectivity index is 1.74. The number of aliphatic hydroxyl groups is 2. The summed E-state index contributed by atoms with van der Waals surface area (Å²) in [5.74, 6) is 0.889. The predicted molar refractivity (Wildman–Crippen MR) is 75.8 cm³/mol. The normalized spacial score (nSPS) is 27.9. The summed E-state index contributed by atoms with van der Waals surface area (Å²) in [4.78, 5) is 4.59. The molecule has 2 unspecified atom stereocenters. The number of β-amino-alcohol motifs (C(OH)–C–C–N with tert-alkyl or cyclic N) is 1. The Morgan fingerprint density at radius 3 is 2.65 bits per heavy atom. The first-order valence-electron chi connectivity index (χ1n) is 7.26. The fourth-order valence-electron chi connectivity index (χ4n) is 3.18. The molecule has 0 spiro atoms. The molecule has 3 rings (SSSR count). The maximum Gasteiger partial charge on any atom is 0.124 e. The second-order valence-electron chi connectivity index (χ2n) is 5.46. The van der Waals surface area contributed by atoms with E-state index in [1.807, 2.05) is 24.3 Å². The maximum absolute atomic E-state index is 10.3. The van der Waals surface area contributed by atoms with E-state index < -0.39 is 6.10 Å². The van der Waals surface area contributed by atoms with Gasteiger partial charge in [0.1, 0.15) is 18.5 Å². The minimum absolute atomic E-state index is 0.0243. The SMILES string of the molecule is OCCN1CCN(C2c3ccccc3OCC2O)CC1. The number of hydrogen-bond donors (Lipinski definition) is 2. The molecule has 2 aliphatic rings.